The van der Waals surface area contributed by atoms with Gasteiger partial charge in [-0.1, -0.05) is 24.3 Å². The van der Waals surface area contributed by atoms with E-state index in [0.29, 0.717) is 5.70 Å². The molecule has 9 heteroatoms. The van der Waals surface area contributed by atoms with Crippen LogP contribution in [0.25, 0.3) is 0 Å². The summed E-state index contributed by atoms with van der Waals surface area (Å²) in [7, 11) is 0. The SMILES string of the molecule is O=c1ccn(C2OC(CCO)C(O)C2O)c(=O)n1CC1=CCCC(C2=CC=CCC2)=N1. The van der Waals surface area contributed by atoms with Crippen LogP contribution in [0.4, 0.5) is 0 Å². The topological polar surface area (TPSA) is 126 Å². The van der Waals surface area contributed by atoms with Gasteiger partial charge in [-0.05, 0) is 37.7 Å². The van der Waals surface area contributed by atoms with Crippen LogP contribution in [0, 0.1) is 0 Å². The van der Waals surface area contributed by atoms with Crippen LogP contribution >= 0.6 is 0 Å². The second-order valence-corrected chi connectivity index (χ2v) is 7.94. The number of ether oxygens (including phenoxy) is 1. The highest BCUT2D eigenvalue weighted by Gasteiger charge is 2.43. The van der Waals surface area contributed by atoms with Crippen molar-refractivity contribution in [3.05, 3.63) is 68.7 Å². The molecule has 1 aliphatic carbocycles. The number of nitrogens with zero attached hydrogens (tertiary/aromatic N) is 3. The molecule has 4 atom stereocenters. The van der Waals surface area contributed by atoms with E-state index in [1.807, 2.05) is 12.2 Å². The van der Waals surface area contributed by atoms with E-state index in [1.54, 1.807) is 0 Å². The lowest BCUT2D eigenvalue weighted by molar-refractivity contribution is -0.0458. The summed E-state index contributed by atoms with van der Waals surface area (Å²) in [4.78, 5) is 30.2. The van der Waals surface area contributed by atoms with Crippen LogP contribution in [-0.2, 0) is 11.3 Å². The molecule has 0 radical (unpaired) electrons. The molecular weight excluding hydrogens is 402 g/mol. The first-order valence-corrected chi connectivity index (χ1v) is 10.6. The zero-order chi connectivity index (χ0) is 22.0. The van der Waals surface area contributed by atoms with Crippen LogP contribution in [0.1, 0.15) is 38.3 Å². The third-order valence-corrected chi connectivity index (χ3v) is 5.86. The Hall–Kier alpha value is -2.59. The van der Waals surface area contributed by atoms with Crippen molar-refractivity contribution in [3.8, 4) is 0 Å². The Bertz CT molecular complexity index is 1060. The summed E-state index contributed by atoms with van der Waals surface area (Å²) in [6.07, 6.45) is 8.44. The van der Waals surface area contributed by atoms with Crippen LogP contribution in [0.5, 0.6) is 0 Å². The number of hydrogen-bond donors (Lipinski definition) is 3. The van der Waals surface area contributed by atoms with Crippen LogP contribution in [0.3, 0.4) is 0 Å². The predicted molar refractivity (Wildman–Crippen MR) is 114 cm³/mol. The molecule has 1 fully saturated rings. The van der Waals surface area contributed by atoms with Crippen molar-refractivity contribution in [2.24, 2.45) is 4.99 Å². The van der Waals surface area contributed by atoms with E-state index in [0.717, 1.165) is 40.5 Å². The smallest absolute Gasteiger partial charge is 0.333 e. The normalized spacial score (nSPS) is 28.3. The van der Waals surface area contributed by atoms with Gasteiger partial charge in [-0.3, -0.25) is 18.9 Å². The maximum Gasteiger partial charge on any atom is 0.333 e. The first-order chi connectivity index (χ1) is 15.0. The van der Waals surface area contributed by atoms with Crippen molar-refractivity contribution in [2.75, 3.05) is 6.61 Å². The molecule has 0 spiro atoms. The molecule has 0 amide bonds. The lowest BCUT2D eigenvalue weighted by atomic mass is 9.96. The Balaban J connectivity index is 1.60. The van der Waals surface area contributed by atoms with Crippen molar-refractivity contribution in [1.82, 2.24) is 9.13 Å². The van der Waals surface area contributed by atoms with Gasteiger partial charge in [-0.2, -0.15) is 0 Å². The molecule has 9 nitrogen and oxygen atoms in total. The van der Waals surface area contributed by atoms with Gasteiger partial charge in [-0.15, -0.1) is 0 Å². The average molecular weight is 429 g/mol. The number of aromatic nitrogens is 2. The maximum atomic E-state index is 13.1. The molecule has 0 bridgehead atoms. The monoisotopic (exact) mass is 429 g/mol. The number of allylic oxidation sites excluding steroid dienone is 6. The van der Waals surface area contributed by atoms with E-state index in [1.165, 1.54) is 17.8 Å². The number of aliphatic hydroxyl groups is 3. The molecule has 2 aliphatic heterocycles. The summed E-state index contributed by atoms with van der Waals surface area (Å²) < 4.78 is 7.76. The first kappa shape index (κ1) is 21.6. The predicted octanol–water partition coefficient (Wildman–Crippen LogP) is 0.407. The zero-order valence-corrected chi connectivity index (χ0v) is 17.1. The summed E-state index contributed by atoms with van der Waals surface area (Å²) in [6, 6.07) is 1.23. The van der Waals surface area contributed by atoms with E-state index in [9.17, 15) is 19.8 Å². The van der Waals surface area contributed by atoms with Gasteiger partial charge < -0.3 is 20.1 Å². The summed E-state index contributed by atoms with van der Waals surface area (Å²) >= 11 is 0. The minimum Gasteiger partial charge on any atom is -0.396 e. The number of aliphatic imine (C=N–C) groups is 1. The summed E-state index contributed by atoms with van der Waals surface area (Å²) in [5.41, 5.74) is 1.66. The molecule has 3 heterocycles. The van der Waals surface area contributed by atoms with Crippen molar-refractivity contribution >= 4 is 5.71 Å². The van der Waals surface area contributed by atoms with Gasteiger partial charge in [0, 0.05) is 24.6 Å². The molecule has 0 saturated carbocycles. The highest BCUT2D eigenvalue weighted by atomic mass is 16.6. The third-order valence-electron chi connectivity index (χ3n) is 5.86. The van der Waals surface area contributed by atoms with Crippen LogP contribution in [-0.4, -0.2) is 55.1 Å². The Labute approximate surface area is 178 Å². The first-order valence-electron chi connectivity index (χ1n) is 10.6. The van der Waals surface area contributed by atoms with Crippen LogP contribution < -0.4 is 11.2 Å². The lowest BCUT2D eigenvalue weighted by Gasteiger charge is -2.20. The molecule has 0 aromatic carbocycles. The number of aliphatic hydroxyl groups excluding tert-OH is 3. The van der Waals surface area contributed by atoms with E-state index < -0.39 is 35.8 Å². The van der Waals surface area contributed by atoms with E-state index in [-0.39, 0.29) is 19.6 Å². The second kappa shape index (κ2) is 9.27. The molecule has 1 aromatic rings. The van der Waals surface area contributed by atoms with Gasteiger partial charge in [0.1, 0.15) is 12.2 Å². The highest BCUT2D eigenvalue weighted by Crippen LogP contribution is 2.29. The van der Waals surface area contributed by atoms with Crippen LogP contribution in [0.2, 0.25) is 0 Å². The van der Waals surface area contributed by atoms with Crippen LogP contribution in [0.15, 0.2) is 62.4 Å². The van der Waals surface area contributed by atoms with E-state index in [4.69, 9.17) is 14.8 Å². The highest BCUT2D eigenvalue weighted by molar-refractivity contribution is 6.01. The van der Waals surface area contributed by atoms with E-state index >= 15 is 0 Å². The quantitative estimate of drug-likeness (QED) is 0.601. The fourth-order valence-electron chi connectivity index (χ4n) is 4.18. The van der Waals surface area contributed by atoms with E-state index in [2.05, 4.69) is 12.2 Å². The van der Waals surface area contributed by atoms with Crippen molar-refractivity contribution in [3.63, 3.8) is 0 Å². The largest absolute Gasteiger partial charge is 0.396 e. The Morgan fingerprint density at radius 3 is 2.74 bits per heavy atom. The summed E-state index contributed by atoms with van der Waals surface area (Å²) in [6.45, 7) is -0.215. The van der Waals surface area contributed by atoms with Gasteiger partial charge in [0.05, 0.1) is 18.3 Å². The molecule has 1 saturated heterocycles. The molecule has 166 valence electrons. The summed E-state index contributed by atoms with van der Waals surface area (Å²) in [5, 5.41) is 29.6. The fraction of sp³-hybridized carbons (Fsp3) is 0.500. The summed E-state index contributed by atoms with van der Waals surface area (Å²) in [5.74, 6) is 0. The van der Waals surface area contributed by atoms with Gasteiger partial charge in [0.15, 0.2) is 6.23 Å². The lowest BCUT2D eigenvalue weighted by Crippen LogP contribution is -2.43. The standard InChI is InChI=1S/C22H27N3O6/c26-12-10-17-19(28)20(29)21(31-17)24-11-9-18(27)25(22(24)30)13-15-7-4-8-16(23-15)14-5-2-1-3-6-14/h1-2,5,7,9,11,17,19-21,26,28-29H,3-4,6,8,10,12-13H2. The van der Waals surface area contributed by atoms with Gasteiger partial charge in [-0.25, -0.2) is 4.79 Å². The van der Waals surface area contributed by atoms with Gasteiger partial charge >= 0.3 is 5.69 Å². The molecular formula is C22H27N3O6. The third kappa shape index (κ3) is 4.40. The number of hydrogen-bond acceptors (Lipinski definition) is 7. The molecule has 4 unspecified atom stereocenters. The van der Waals surface area contributed by atoms with Gasteiger partial charge in [0.2, 0.25) is 0 Å². The Morgan fingerprint density at radius 1 is 1.16 bits per heavy atom. The minimum atomic E-state index is -1.36. The van der Waals surface area contributed by atoms with Crippen molar-refractivity contribution in [1.29, 1.82) is 0 Å². The molecule has 3 aliphatic rings. The maximum absolute atomic E-state index is 13.1. The molecule has 3 N–H and O–H groups in total. The minimum absolute atomic E-state index is 0.0105. The second-order valence-electron chi connectivity index (χ2n) is 7.94. The number of rotatable bonds is 6. The molecule has 4 rings (SSSR count). The van der Waals surface area contributed by atoms with Crippen molar-refractivity contribution < 1.29 is 20.1 Å². The van der Waals surface area contributed by atoms with Gasteiger partial charge in [0.25, 0.3) is 5.56 Å². The van der Waals surface area contributed by atoms with Crippen molar-refractivity contribution in [2.45, 2.75) is 63.2 Å². The fourth-order valence-corrected chi connectivity index (χ4v) is 4.18. The molecule has 31 heavy (non-hydrogen) atoms. The molecule has 1 aromatic heterocycles. The Morgan fingerprint density at radius 2 is 2.00 bits per heavy atom. The Kier molecular flexibility index (Phi) is 6.47. The zero-order valence-electron chi connectivity index (χ0n) is 17.1. The average Bonchev–Trinajstić information content (AvgIpc) is 3.06.